The fraction of sp³-hybridized carbons (Fsp3) is 0.467. The van der Waals surface area contributed by atoms with Crippen LogP contribution in [0.1, 0.15) is 30.6 Å². The molecule has 1 amide bonds. The molecule has 1 atom stereocenters. The van der Waals surface area contributed by atoms with E-state index in [4.69, 9.17) is 9.47 Å². The molecule has 0 heterocycles. The largest absolute Gasteiger partial charge is 0.493 e. The van der Waals surface area contributed by atoms with E-state index >= 15 is 0 Å². The maximum Gasteiger partial charge on any atom is 0.339 e. The van der Waals surface area contributed by atoms with Crippen molar-refractivity contribution in [2.75, 3.05) is 20.7 Å². The van der Waals surface area contributed by atoms with Gasteiger partial charge in [-0.15, -0.1) is 0 Å². The first-order chi connectivity index (χ1) is 9.86. The molecule has 0 aromatic heterocycles. The molecule has 0 aliphatic rings. The van der Waals surface area contributed by atoms with Gasteiger partial charge in [-0.2, -0.15) is 0 Å². The van der Waals surface area contributed by atoms with Crippen molar-refractivity contribution < 1.29 is 24.2 Å². The highest BCUT2D eigenvalue weighted by Gasteiger charge is 2.20. The molecule has 1 unspecified atom stereocenters. The molecule has 0 radical (unpaired) electrons. The van der Waals surface area contributed by atoms with Crippen molar-refractivity contribution in [1.29, 1.82) is 0 Å². The lowest BCUT2D eigenvalue weighted by molar-refractivity contribution is -0.135. The molecule has 6 heteroatoms. The van der Waals surface area contributed by atoms with Gasteiger partial charge in [-0.25, -0.2) is 4.79 Å². The minimum atomic E-state index is -1.11. The highest BCUT2D eigenvalue weighted by Crippen LogP contribution is 2.26. The lowest BCUT2D eigenvalue weighted by atomic mass is 10.2. The Morgan fingerprint density at radius 1 is 1.33 bits per heavy atom. The summed E-state index contributed by atoms with van der Waals surface area (Å²) in [4.78, 5) is 24.4. The minimum Gasteiger partial charge on any atom is -0.493 e. The van der Waals surface area contributed by atoms with Gasteiger partial charge in [0.1, 0.15) is 17.1 Å². The van der Waals surface area contributed by atoms with E-state index < -0.39 is 12.1 Å². The summed E-state index contributed by atoms with van der Waals surface area (Å²) in [5, 5.41) is 9.18. The Labute approximate surface area is 124 Å². The second-order valence-corrected chi connectivity index (χ2v) is 4.80. The maximum atomic E-state index is 11.8. The standard InChI is InChI=1S/C15H21NO5/c1-5-8-20-11-6-7-12(15(18)19)13(9-11)21-10(2)14(17)16(3)4/h6-7,9-10H,5,8H2,1-4H3,(H,18,19). The molecule has 0 aliphatic carbocycles. The molecular weight excluding hydrogens is 274 g/mol. The van der Waals surface area contributed by atoms with Gasteiger partial charge in [-0.05, 0) is 25.5 Å². The van der Waals surface area contributed by atoms with Crippen molar-refractivity contribution in [3.05, 3.63) is 23.8 Å². The van der Waals surface area contributed by atoms with Crippen LogP contribution < -0.4 is 9.47 Å². The van der Waals surface area contributed by atoms with Gasteiger partial charge in [0, 0.05) is 20.2 Å². The topological polar surface area (TPSA) is 76.1 Å². The second-order valence-electron chi connectivity index (χ2n) is 4.80. The van der Waals surface area contributed by atoms with Crippen LogP contribution in [0.25, 0.3) is 0 Å². The first kappa shape index (κ1) is 16.8. The maximum absolute atomic E-state index is 11.8. The number of carboxylic acid groups (broad SMARTS) is 1. The molecule has 1 rings (SSSR count). The van der Waals surface area contributed by atoms with Crippen LogP contribution in [0, 0.1) is 0 Å². The smallest absolute Gasteiger partial charge is 0.339 e. The molecular formula is C15H21NO5. The molecule has 0 bridgehead atoms. The van der Waals surface area contributed by atoms with Crippen LogP contribution in [0.5, 0.6) is 11.5 Å². The van der Waals surface area contributed by atoms with Crippen molar-refractivity contribution in [2.24, 2.45) is 0 Å². The quantitative estimate of drug-likeness (QED) is 0.833. The highest BCUT2D eigenvalue weighted by molar-refractivity contribution is 5.91. The molecule has 0 spiro atoms. The Hall–Kier alpha value is -2.24. The number of carbonyl (C=O) groups excluding carboxylic acids is 1. The van der Waals surface area contributed by atoms with Crippen molar-refractivity contribution >= 4 is 11.9 Å². The molecule has 1 N–H and O–H groups in total. The lowest BCUT2D eigenvalue weighted by Crippen LogP contribution is -2.35. The van der Waals surface area contributed by atoms with E-state index in [1.165, 1.54) is 17.0 Å². The Bertz CT molecular complexity index is 513. The lowest BCUT2D eigenvalue weighted by Gasteiger charge is -2.19. The van der Waals surface area contributed by atoms with E-state index in [0.29, 0.717) is 12.4 Å². The third kappa shape index (κ3) is 4.66. The van der Waals surface area contributed by atoms with Crippen LogP contribution >= 0.6 is 0 Å². The number of hydrogen-bond donors (Lipinski definition) is 1. The van der Waals surface area contributed by atoms with Gasteiger partial charge in [0.2, 0.25) is 0 Å². The molecule has 21 heavy (non-hydrogen) atoms. The average molecular weight is 295 g/mol. The van der Waals surface area contributed by atoms with E-state index in [1.807, 2.05) is 6.92 Å². The highest BCUT2D eigenvalue weighted by atomic mass is 16.5. The average Bonchev–Trinajstić information content (AvgIpc) is 2.43. The van der Waals surface area contributed by atoms with Gasteiger partial charge >= 0.3 is 5.97 Å². The van der Waals surface area contributed by atoms with Crippen LogP contribution in [-0.4, -0.2) is 48.7 Å². The van der Waals surface area contributed by atoms with E-state index in [9.17, 15) is 14.7 Å². The van der Waals surface area contributed by atoms with Gasteiger partial charge in [-0.1, -0.05) is 6.92 Å². The summed E-state index contributed by atoms with van der Waals surface area (Å²) in [6, 6.07) is 4.48. The van der Waals surface area contributed by atoms with Gasteiger partial charge in [-0.3, -0.25) is 4.79 Å². The molecule has 1 aromatic carbocycles. The van der Waals surface area contributed by atoms with Crippen LogP contribution in [-0.2, 0) is 4.79 Å². The number of hydrogen-bond acceptors (Lipinski definition) is 4. The number of carbonyl (C=O) groups is 2. The van der Waals surface area contributed by atoms with Gasteiger partial charge < -0.3 is 19.5 Å². The molecule has 116 valence electrons. The monoisotopic (exact) mass is 295 g/mol. The normalized spacial score (nSPS) is 11.6. The summed E-state index contributed by atoms with van der Waals surface area (Å²) in [6.45, 7) is 4.08. The number of nitrogens with zero attached hydrogens (tertiary/aromatic N) is 1. The zero-order chi connectivity index (χ0) is 16.0. The van der Waals surface area contributed by atoms with Crippen molar-refractivity contribution in [3.8, 4) is 11.5 Å². The Kier molecular flexibility index (Phi) is 6.02. The van der Waals surface area contributed by atoms with Gasteiger partial charge in [0.25, 0.3) is 5.91 Å². The number of carboxylic acids is 1. The van der Waals surface area contributed by atoms with Crippen LogP contribution in [0.4, 0.5) is 0 Å². The summed E-state index contributed by atoms with van der Waals surface area (Å²) in [5.74, 6) is -0.720. The van der Waals surface area contributed by atoms with Crippen molar-refractivity contribution in [1.82, 2.24) is 4.90 Å². The predicted molar refractivity (Wildman–Crippen MR) is 78.0 cm³/mol. The van der Waals surface area contributed by atoms with E-state index in [2.05, 4.69) is 0 Å². The third-order valence-corrected chi connectivity index (χ3v) is 2.75. The summed E-state index contributed by atoms with van der Waals surface area (Å²) in [5.41, 5.74) is -0.00254. The zero-order valence-corrected chi connectivity index (χ0v) is 12.8. The summed E-state index contributed by atoms with van der Waals surface area (Å²) in [7, 11) is 3.22. The van der Waals surface area contributed by atoms with E-state index in [0.717, 1.165) is 6.42 Å². The SMILES string of the molecule is CCCOc1ccc(C(=O)O)c(OC(C)C(=O)N(C)C)c1. The molecule has 0 fully saturated rings. The molecule has 0 aliphatic heterocycles. The van der Waals surface area contributed by atoms with E-state index in [-0.39, 0.29) is 17.2 Å². The van der Waals surface area contributed by atoms with Crippen molar-refractivity contribution in [2.45, 2.75) is 26.4 Å². The van der Waals surface area contributed by atoms with Crippen LogP contribution in [0.15, 0.2) is 18.2 Å². The number of rotatable bonds is 7. The second kappa shape index (κ2) is 7.52. The van der Waals surface area contributed by atoms with Crippen molar-refractivity contribution in [3.63, 3.8) is 0 Å². The Morgan fingerprint density at radius 2 is 2.00 bits per heavy atom. The Balaban J connectivity index is 3.00. The number of amides is 1. The summed E-state index contributed by atoms with van der Waals surface area (Å²) in [6.07, 6.45) is 0.0615. The number of benzene rings is 1. The minimum absolute atomic E-state index is 0.00254. The third-order valence-electron chi connectivity index (χ3n) is 2.75. The summed E-state index contributed by atoms with van der Waals surface area (Å²) >= 11 is 0. The molecule has 0 saturated heterocycles. The predicted octanol–water partition coefficient (Wildman–Crippen LogP) is 2.03. The first-order valence-electron chi connectivity index (χ1n) is 6.74. The summed E-state index contributed by atoms with van der Waals surface area (Å²) < 4.78 is 11.0. The van der Waals surface area contributed by atoms with Crippen LogP contribution in [0.3, 0.4) is 0 Å². The number of aromatic carboxylic acids is 1. The molecule has 6 nitrogen and oxygen atoms in total. The fourth-order valence-electron chi connectivity index (χ4n) is 1.69. The first-order valence-corrected chi connectivity index (χ1v) is 6.74. The van der Waals surface area contributed by atoms with Gasteiger partial charge in [0.05, 0.1) is 6.61 Å². The number of likely N-dealkylation sites (N-methyl/N-ethyl adjacent to an activating group) is 1. The van der Waals surface area contributed by atoms with E-state index in [1.54, 1.807) is 27.1 Å². The molecule has 1 aromatic rings. The Morgan fingerprint density at radius 3 is 2.52 bits per heavy atom. The van der Waals surface area contributed by atoms with Gasteiger partial charge in [0.15, 0.2) is 6.10 Å². The molecule has 0 saturated carbocycles. The zero-order valence-electron chi connectivity index (χ0n) is 12.8. The van der Waals surface area contributed by atoms with Crippen LogP contribution in [0.2, 0.25) is 0 Å². The fourth-order valence-corrected chi connectivity index (χ4v) is 1.69. The number of ether oxygens (including phenoxy) is 2.